The van der Waals surface area contributed by atoms with Gasteiger partial charge in [0.25, 0.3) is 5.56 Å². The molecule has 32 heavy (non-hydrogen) atoms. The average molecular weight is 422 g/mol. The molecule has 4 aromatic rings. The molecular formula is C28H27N3O. The molecule has 0 fully saturated rings. The fourth-order valence-corrected chi connectivity index (χ4v) is 4.02. The van der Waals surface area contributed by atoms with Crippen molar-refractivity contribution in [2.24, 2.45) is 0 Å². The van der Waals surface area contributed by atoms with Gasteiger partial charge in [0.1, 0.15) is 11.6 Å². The normalized spacial score (nSPS) is 10.8. The van der Waals surface area contributed by atoms with Gasteiger partial charge in [0.15, 0.2) is 0 Å². The number of anilines is 1. The van der Waals surface area contributed by atoms with Crippen molar-refractivity contribution in [2.75, 3.05) is 11.9 Å². The highest BCUT2D eigenvalue weighted by molar-refractivity contribution is 5.98. The summed E-state index contributed by atoms with van der Waals surface area (Å²) in [5.74, 6) is 0. The van der Waals surface area contributed by atoms with Gasteiger partial charge in [0.05, 0.1) is 12.1 Å². The second-order valence-corrected chi connectivity index (χ2v) is 8.12. The SMILES string of the molecule is CCCCNc1ccc2c(-c3ccc(C)cc3)c(C#N)c(=O)n(Cc3ccccc3)c2c1. The van der Waals surface area contributed by atoms with Crippen LogP contribution in [0.3, 0.4) is 0 Å². The van der Waals surface area contributed by atoms with Crippen LogP contribution < -0.4 is 10.9 Å². The minimum Gasteiger partial charge on any atom is -0.385 e. The van der Waals surface area contributed by atoms with Crippen LogP contribution in [0.1, 0.15) is 36.5 Å². The lowest BCUT2D eigenvalue weighted by Crippen LogP contribution is -2.25. The van der Waals surface area contributed by atoms with Crippen molar-refractivity contribution in [3.63, 3.8) is 0 Å². The maximum atomic E-state index is 13.6. The zero-order valence-electron chi connectivity index (χ0n) is 18.6. The van der Waals surface area contributed by atoms with E-state index < -0.39 is 0 Å². The monoisotopic (exact) mass is 421 g/mol. The minimum absolute atomic E-state index is 0.184. The highest BCUT2D eigenvalue weighted by atomic mass is 16.1. The molecule has 4 nitrogen and oxygen atoms in total. The average Bonchev–Trinajstić information content (AvgIpc) is 2.82. The number of nitriles is 1. The maximum absolute atomic E-state index is 13.6. The van der Waals surface area contributed by atoms with Crippen LogP contribution >= 0.6 is 0 Å². The van der Waals surface area contributed by atoms with Gasteiger partial charge < -0.3 is 9.88 Å². The fraction of sp³-hybridized carbons (Fsp3) is 0.214. The predicted molar refractivity (Wildman–Crippen MR) is 132 cm³/mol. The van der Waals surface area contributed by atoms with Gasteiger partial charge in [0.2, 0.25) is 0 Å². The van der Waals surface area contributed by atoms with Crippen molar-refractivity contribution in [1.29, 1.82) is 5.26 Å². The van der Waals surface area contributed by atoms with Crippen LogP contribution in [0, 0.1) is 18.3 Å². The van der Waals surface area contributed by atoms with E-state index in [0.717, 1.165) is 52.7 Å². The van der Waals surface area contributed by atoms with Gasteiger partial charge in [-0.05, 0) is 36.6 Å². The topological polar surface area (TPSA) is 57.8 Å². The quantitative estimate of drug-likeness (QED) is 0.366. The number of aromatic nitrogens is 1. The van der Waals surface area contributed by atoms with E-state index >= 15 is 0 Å². The third kappa shape index (κ3) is 4.29. The molecule has 0 aliphatic carbocycles. The van der Waals surface area contributed by atoms with Gasteiger partial charge in [0, 0.05) is 23.2 Å². The Morgan fingerprint density at radius 2 is 1.75 bits per heavy atom. The Labute approximate surface area is 188 Å². The fourth-order valence-electron chi connectivity index (χ4n) is 4.02. The van der Waals surface area contributed by atoms with Crippen LogP contribution in [0.25, 0.3) is 22.0 Å². The summed E-state index contributed by atoms with van der Waals surface area (Å²) in [4.78, 5) is 13.6. The molecule has 0 aliphatic heterocycles. The molecule has 0 radical (unpaired) electrons. The third-order valence-electron chi connectivity index (χ3n) is 5.76. The summed E-state index contributed by atoms with van der Waals surface area (Å²) in [7, 11) is 0. The van der Waals surface area contributed by atoms with Crippen molar-refractivity contribution in [3.8, 4) is 17.2 Å². The number of unbranched alkanes of at least 4 members (excludes halogenated alkanes) is 1. The van der Waals surface area contributed by atoms with Gasteiger partial charge in [-0.3, -0.25) is 4.79 Å². The van der Waals surface area contributed by atoms with Crippen LogP contribution in [-0.2, 0) is 6.54 Å². The standard InChI is InChI=1S/C28H27N3O/c1-3-4-16-30-23-14-15-24-26(17-23)31(19-21-8-6-5-7-9-21)28(32)25(18-29)27(24)22-12-10-20(2)11-13-22/h5-15,17,30H,3-4,16,19H2,1-2H3. The lowest BCUT2D eigenvalue weighted by molar-refractivity contribution is 0.792. The van der Waals surface area contributed by atoms with E-state index in [1.807, 2.05) is 79.7 Å². The Bertz CT molecular complexity index is 1330. The van der Waals surface area contributed by atoms with Crippen LogP contribution in [-0.4, -0.2) is 11.1 Å². The van der Waals surface area contributed by atoms with Crippen molar-refractivity contribution in [1.82, 2.24) is 4.57 Å². The highest BCUT2D eigenvalue weighted by Crippen LogP contribution is 2.32. The number of hydrogen-bond donors (Lipinski definition) is 1. The Hall–Kier alpha value is -3.84. The van der Waals surface area contributed by atoms with E-state index in [1.54, 1.807) is 4.57 Å². The smallest absolute Gasteiger partial charge is 0.269 e. The second kappa shape index (κ2) is 9.53. The third-order valence-corrected chi connectivity index (χ3v) is 5.76. The Morgan fingerprint density at radius 1 is 1.00 bits per heavy atom. The lowest BCUT2D eigenvalue weighted by Gasteiger charge is -2.17. The molecule has 1 heterocycles. The number of nitrogens with one attached hydrogen (secondary N) is 1. The Kier molecular flexibility index (Phi) is 6.37. The summed E-state index contributed by atoms with van der Waals surface area (Å²) >= 11 is 0. The number of rotatable bonds is 7. The van der Waals surface area contributed by atoms with E-state index in [-0.39, 0.29) is 11.1 Å². The summed E-state index contributed by atoms with van der Waals surface area (Å²) < 4.78 is 1.73. The Balaban J connectivity index is 1.98. The first-order valence-corrected chi connectivity index (χ1v) is 11.1. The van der Waals surface area contributed by atoms with Crippen LogP contribution in [0.4, 0.5) is 5.69 Å². The van der Waals surface area contributed by atoms with Gasteiger partial charge in [-0.25, -0.2) is 0 Å². The number of fused-ring (bicyclic) bond motifs is 1. The molecule has 3 aromatic carbocycles. The zero-order valence-corrected chi connectivity index (χ0v) is 18.6. The van der Waals surface area contributed by atoms with E-state index in [1.165, 1.54) is 0 Å². The molecule has 0 bridgehead atoms. The number of aryl methyl sites for hydroxylation is 1. The van der Waals surface area contributed by atoms with E-state index in [9.17, 15) is 10.1 Å². The summed E-state index contributed by atoms with van der Waals surface area (Å²) in [6.07, 6.45) is 2.19. The van der Waals surface area contributed by atoms with E-state index in [2.05, 4.69) is 18.3 Å². The molecule has 0 amide bonds. The molecule has 1 N–H and O–H groups in total. The second-order valence-electron chi connectivity index (χ2n) is 8.12. The van der Waals surface area contributed by atoms with Crippen LogP contribution in [0.5, 0.6) is 0 Å². The van der Waals surface area contributed by atoms with E-state index in [0.29, 0.717) is 12.1 Å². The Morgan fingerprint density at radius 3 is 2.44 bits per heavy atom. The zero-order chi connectivity index (χ0) is 22.5. The van der Waals surface area contributed by atoms with Crippen molar-refractivity contribution in [2.45, 2.75) is 33.2 Å². The first-order chi connectivity index (χ1) is 15.6. The van der Waals surface area contributed by atoms with Crippen LogP contribution in [0.2, 0.25) is 0 Å². The van der Waals surface area contributed by atoms with Gasteiger partial charge in [-0.1, -0.05) is 79.6 Å². The molecule has 0 saturated carbocycles. The van der Waals surface area contributed by atoms with Gasteiger partial charge >= 0.3 is 0 Å². The first-order valence-electron chi connectivity index (χ1n) is 11.1. The molecule has 0 aliphatic rings. The highest BCUT2D eigenvalue weighted by Gasteiger charge is 2.19. The van der Waals surface area contributed by atoms with E-state index in [4.69, 9.17) is 0 Å². The van der Waals surface area contributed by atoms with Crippen molar-refractivity contribution in [3.05, 3.63) is 99.8 Å². The largest absolute Gasteiger partial charge is 0.385 e. The minimum atomic E-state index is -0.259. The lowest BCUT2D eigenvalue weighted by atomic mass is 9.95. The van der Waals surface area contributed by atoms with Crippen molar-refractivity contribution >= 4 is 16.6 Å². The molecule has 4 rings (SSSR count). The number of hydrogen-bond acceptors (Lipinski definition) is 3. The molecule has 4 heteroatoms. The van der Waals surface area contributed by atoms with Crippen LogP contribution in [0.15, 0.2) is 77.6 Å². The van der Waals surface area contributed by atoms with Gasteiger partial charge in [-0.15, -0.1) is 0 Å². The van der Waals surface area contributed by atoms with Gasteiger partial charge in [-0.2, -0.15) is 5.26 Å². The van der Waals surface area contributed by atoms with Crippen molar-refractivity contribution < 1.29 is 0 Å². The molecule has 0 saturated heterocycles. The summed E-state index contributed by atoms with van der Waals surface area (Å²) in [5, 5.41) is 14.4. The number of benzene rings is 3. The molecule has 0 unspecified atom stereocenters. The molecule has 1 aromatic heterocycles. The number of pyridine rings is 1. The maximum Gasteiger partial charge on any atom is 0.269 e. The molecular weight excluding hydrogens is 394 g/mol. The first kappa shape index (κ1) is 21.4. The summed E-state index contributed by atoms with van der Waals surface area (Å²) in [6, 6.07) is 26.2. The number of nitrogens with zero attached hydrogens (tertiary/aromatic N) is 2. The predicted octanol–water partition coefficient (Wildman–Crippen LogP) is 6.11. The molecule has 0 atom stereocenters. The summed E-state index contributed by atoms with van der Waals surface area (Å²) in [5.41, 5.74) is 5.48. The summed E-state index contributed by atoms with van der Waals surface area (Å²) in [6.45, 7) is 5.49. The molecule has 160 valence electrons. The molecule has 0 spiro atoms.